The summed E-state index contributed by atoms with van der Waals surface area (Å²) in [5.41, 5.74) is 4.76. The minimum atomic E-state index is 0.355. The summed E-state index contributed by atoms with van der Waals surface area (Å²) in [6.07, 6.45) is 6.62. The molecule has 0 bridgehead atoms. The number of nitrogens with one attached hydrogen (secondary N) is 2. The van der Waals surface area contributed by atoms with E-state index in [1.165, 1.54) is 12.8 Å². The Hall–Kier alpha value is -3.39. The van der Waals surface area contributed by atoms with Crippen molar-refractivity contribution in [2.75, 3.05) is 0 Å². The molecule has 5 nitrogen and oxygen atoms in total. The molecule has 1 aliphatic heterocycles. The third-order valence-corrected chi connectivity index (χ3v) is 5.14. The molecule has 1 aromatic heterocycles. The number of nitriles is 1. The van der Waals surface area contributed by atoms with Crippen molar-refractivity contribution < 1.29 is 0 Å². The average Bonchev–Trinajstić information content (AvgIpc) is 3.25. The van der Waals surface area contributed by atoms with Crippen molar-refractivity contribution in [3.63, 3.8) is 0 Å². The molecule has 5 heteroatoms. The van der Waals surface area contributed by atoms with Gasteiger partial charge >= 0.3 is 0 Å². The largest absolute Gasteiger partial charge is 0.332 e. The van der Waals surface area contributed by atoms with Crippen LogP contribution in [-0.4, -0.2) is 17.0 Å². The first-order valence-corrected chi connectivity index (χ1v) is 9.70. The van der Waals surface area contributed by atoms with E-state index in [9.17, 15) is 5.26 Å². The molecule has 2 heterocycles. The Bertz CT molecular complexity index is 989. The molecule has 0 spiro atoms. The van der Waals surface area contributed by atoms with Crippen molar-refractivity contribution in [1.82, 2.24) is 15.6 Å². The zero-order valence-corrected chi connectivity index (χ0v) is 15.9. The first-order chi connectivity index (χ1) is 13.7. The van der Waals surface area contributed by atoms with Crippen molar-refractivity contribution in [2.45, 2.75) is 38.6 Å². The van der Waals surface area contributed by atoms with Crippen LogP contribution < -0.4 is 10.6 Å². The van der Waals surface area contributed by atoms with E-state index >= 15 is 0 Å². The highest BCUT2D eigenvalue weighted by Crippen LogP contribution is 2.25. The minimum Gasteiger partial charge on any atom is -0.332 e. The van der Waals surface area contributed by atoms with Gasteiger partial charge in [0.1, 0.15) is 11.6 Å². The minimum absolute atomic E-state index is 0.355. The molecule has 1 aliphatic carbocycles. The standard InChI is InChI=1S/C23H23N5/c1-16-15-25-23(26-18-10-5-6-11-18)28-22(16)19(14-24)21-13-7-12-20(27-21)17-8-3-2-4-9-17/h2-4,7-9,12-13,15,18H,5-6,10-11H2,1H3,(H2,25,26,28)/b22-19-. The monoisotopic (exact) mass is 369 g/mol. The smallest absolute Gasteiger partial charge is 0.200 e. The summed E-state index contributed by atoms with van der Waals surface area (Å²) >= 11 is 0. The molecule has 4 rings (SSSR count). The molecular weight excluding hydrogens is 346 g/mol. The van der Waals surface area contributed by atoms with E-state index in [0.717, 1.165) is 35.4 Å². The average molecular weight is 369 g/mol. The van der Waals surface area contributed by atoms with Gasteiger partial charge in [-0.25, -0.2) is 9.98 Å². The number of benzene rings is 1. The van der Waals surface area contributed by atoms with Gasteiger partial charge in [-0.05, 0) is 37.5 Å². The van der Waals surface area contributed by atoms with E-state index in [0.29, 0.717) is 23.3 Å². The molecule has 0 unspecified atom stereocenters. The van der Waals surface area contributed by atoms with Crippen LogP contribution in [0.25, 0.3) is 16.8 Å². The number of hydrogen-bond acceptors (Lipinski definition) is 3. The third-order valence-electron chi connectivity index (χ3n) is 5.14. The van der Waals surface area contributed by atoms with E-state index in [1.807, 2.05) is 61.7 Å². The number of guanidine groups is 1. The van der Waals surface area contributed by atoms with Crippen LogP contribution in [0.2, 0.25) is 0 Å². The van der Waals surface area contributed by atoms with Crippen LogP contribution in [0.3, 0.4) is 0 Å². The number of nitrogens with zero attached hydrogens (tertiary/aromatic N) is 3. The Balaban J connectivity index is 1.71. The fourth-order valence-corrected chi connectivity index (χ4v) is 3.63. The summed E-state index contributed by atoms with van der Waals surface area (Å²) in [5.74, 6) is 0.708. The van der Waals surface area contributed by atoms with E-state index in [-0.39, 0.29) is 0 Å². The zero-order valence-electron chi connectivity index (χ0n) is 15.9. The van der Waals surface area contributed by atoms with Crippen molar-refractivity contribution in [3.05, 3.63) is 71.7 Å². The maximum absolute atomic E-state index is 9.91. The third kappa shape index (κ3) is 3.81. The van der Waals surface area contributed by atoms with E-state index in [1.54, 1.807) is 0 Å². The summed E-state index contributed by atoms with van der Waals surface area (Å²) < 4.78 is 0. The lowest BCUT2D eigenvalue weighted by atomic mass is 10.0. The highest BCUT2D eigenvalue weighted by atomic mass is 15.2. The van der Waals surface area contributed by atoms with Gasteiger partial charge in [-0.2, -0.15) is 5.26 Å². The number of rotatable bonds is 3. The molecule has 2 aliphatic rings. The summed E-state index contributed by atoms with van der Waals surface area (Å²) in [4.78, 5) is 9.53. The van der Waals surface area contributed by atoms with Crippen LogP contribution in [0.4, 0.5) is 0 Å². The summed E-state index contributed by atoms with van der Waals surface area (Å²) in [6, 6.07) is 18.5. The van der Waals surface area contributed by atoms with Gasteiger partial charge in [0.05, 0.1) is 23.1 Å². The SMILES string of the molecule is CC1=CNC(=NC2CCCC2)N/C1=C(/C#N)c1cccc(-c2ccccc2)n1. The number of aliphatic imine (C=N–C) groups is 1. The number of aromatic nitrogens is 1. The number of allylic oxidation sites excluding steroid dienone is 2. The normalized spacial score (nSPS) is 20.1. The molecular formula is C23H23N5. The van der Waals surface area contributed by atoms with Gasteiger partial charge in [-0.15, -0.1) is 0 Å². The van der Waals surface area contributed by atoms with E-state index in [2.05, 4.69) is 16.7 Å². The van der Waals surface area contributed by atoms with Gasteiger partial charge < -0.3 is 10.6 Å². The number of hydrogen-bond donors (Lipinski definition) is 2. The second kappa shape index (κ2) is 8.10. The van der Waals surface area contributed by atoms with Gasteiger partial charge in [0.25, 0.3) is 0 Å². The van der Waals surface area contributed by atoms with Gasteiger partial charge in [0.2, 0.25) is 0 Å². The summed E-state index contributed by atoms with van der Waals surface area (Å²) in [5, 5.41) is 16.4. The molecule has 1 saturated carbocycles. The molecule has 1 fully saturated rings. The maximum Gasteiger partial charge on any atom is 0.200 e. The molecule has 0 atom stereocenters. The van der Waals surface area contributed by atoms with Gasteiger partial charge in [0, 0.05) is 11.8 Å². The van der Waals surface area contributed by atoms with Crippen LogP contribution >= 0.6 is 0 Å². The second-order valence-electron chi connectivity index (χ2n) is 7.15. The van der Waals surface area contributed by atoms with Crippen LogP contribution in [0, 0.1) is 11.3 Å². The van der Waals surface area contributed by atoms with E-state index in [4.69, 9.17) is 9.98 Å². The predicted molar refractivity (Wildman–Crippen MR) is 112 cm³/mol. The Morgan fingerprint density at radius 3 is 2.64 bits per heavy atom. The van der Waals surface area contributed by atoms with Crippen molar-refractivity contribution >= 4 is 11.5 Å². The topological polar surface area (TPSA) is 73.1 Å². The van der Waals surface area contributed by atoms with Gasteiger partial charge in [-0.1, -0.05) is 49.2 Å². The first-order valence-electron chi connectivity index (χ1n) is 9.70. The molecule has 140 valence electrons. The fraction of sp³-hybridized carbons (Fsp3) is 0.261. The second-order valence-corrected chi connectivity index (χ2v) is 7.15. The lowest BCUT2D eigenvalue weighted by molar-refractivity contribution is 0.696. The molecule has 1 aromatic carbocycles. The molecule has 2 aromatic rings. The lowest BCUT2D eigenvalue weighted by Crippen LogP contribution is -2.39. The lowest BCUT2D eigenvalue weighted by Gasteiger charge is -2.22. The Labute approximate surface area is 165 Å². The quantitative estimate of drug-likeness (QED) is 0.788. The van der Waals surface area contributed by atoms with Gasteiger partial charge in [0.15, 0.2) is 5.96 Å². The van der Waals surface area contributed by atoms with Crippen LogP contribution in [0.15, 0.2) is 71.0 Å². The molecule has 2 N–H and O–H groups in total. The highest BCUT2D eigenvalue weighted by Gasteiger charge is 2.20. The Morgan fingerprint density at radius 1 is 1.11 bits per heavy atom. The Kier molecular flexibility index (Phi) is 5.20. The van der Waals surface area contributed by atoms with Crippen molar-refractivity contribution in [1.29, 1.82) is 5.26 Å². The number of pyridine rings is 1. The zero-order chi connectivity index (χ0) is 19.3. The molecule has 0 saturated heterocycles. The fourth-order valence-electron chi connectivity index (χ4n) is 3.63. The molecule has 0 amide bonds. The van der Waals surface area contributed by atoms with Crippen molar-refractivity contribution in [2.24, 2.45) is 4.99 Å². The van der Waals surface area contributed by atoms with Crippen molar-refractivity contribution in [3.8, 4) is 17.3 Å². The maximum atomic E-state index is 9.91. The Morgan fingerprint density at radius 2 is 1.89 bits per heavy atom. The van der Waals surface area contributed by atoms with Crippen LogP contribution in [0.5, 0.6) is 0 Å². The summed E-state index contributed by atoms with van der Waals surface area (Å²) in [7, 11) is 0. The van der Waals surface area contributed by atoms with Gasteiger partial charge in [-0.3, -0.25) is 0 Å². The van der Waals surface area contributed by atoms with Crippen LogP contribution in [-0.2, 0) is 0 Å². The first kappa shape index (κ1) is 18.0. The predicted octanol–water partition coefficient (Wildman–Crippen LogP) is 4.38. The van der Waals surface area contributed by atoms with E-state index < -0.39 is 0 Å². The molecule has 28 heavy (non-hydrogen) atoms. The van der Waals surface area contributed by atoms with Crippen LogP contribution in [0.1, 0.15) is 38.3 Å². The molecule has 0 radical (unpaired) electrons. The highest BCUT2D eigenvalue weighted by molar-refractivity contribution is 5.91. The summed E-state index contributed by atoms with van der Waals surface area (Å²) in [6.45, 7) is 1.97.